The minimum atomic E-state index is -3.85. The van der Waals surface area contributed by atoms with Crippen molar-refractivity contribution in [2.24, 2.45) is 5.73 Å². The first-order valence-electron chi connectivity index (χ1n) is 4.60. The van der Waals surface area contributed by atoms with Gasteiger partial charge in [-0.25, -0.2) is 8.42 Å². The standard InChI is InChI=1S/C9H12BrN3O3S/c1-5(9(12)14)13-17(15,16)8-3-2-6(10)4-7(8)11/h2-5,13H,11H2,1H3,(H2,12,14). The number of primary amides is 1. The van der Waals surface area contributed by atoms with E-state index in [1.165, 1.54) is 19.1 Å². The molecule has 0 bridgehead atoms. The lowest BCUT2D eigenvalue weighted by Crippen LogP contribution is -2.42. The second kappa shape index (κ2) is 5.03. The van der Waals surface area contributed by atoms with Gasteiger partial charge >= 0.3 is 0 Å². The van der Waals surface area contributed by atoms with E-state index in [1.54, 1.807) is 6.07 Å². The van der Waals surface area contributed by atoms with E-state index in [9.17, 15) is 13.2 Å². The normalized spacial score (nSPS) is 13.3. The number of amides is 1. The van der Waals surface area contributed by atoms with Gasteiger partial charge in [0.1, 0.15) is 4.90 Å². The van der Waals surface area contributed by atoms with Crippen LogP contribution in [0.4, 0.5) is 5.69 Å². The molecule has 1 atom stereocenters. The summed E-state index contributed by atoms with van der Waals surface area (Å²) in [5.41, 5.74) is 10.7. The Hall–Kier alpha value is -1.12. The molecule has 1 amide bonds. The maximum Gasteiger partial charge on any atom is 0.243 e. The molecule has 0 saturated heterocycles. The van der Waals surface area contributed by atoms with Crippen molar-refractivity contribution in [1.29, 1.82) is 0 Å². The minimum Gasteiger partial charge on any atom is -0.398 e. The zero-order valence-corrected chi connectivity index (χ0v) is 11.4. The largest absolute Gasteiger partial charge is 0.398 e. The van der Waals surface area contributed by atoms with Gasteiger partial charge in [0.25, 0.3) is 0 Å². The molecule has 0 aliphatic rings. The molecule has 8 heteroatoms. The molecule has 0 heterocycles. The first kappa shape index (κ1) is 13.9. The summed E-state index contributed by atoms with van der Waals surface area (Å²) in [6, 6.07) is 3.35. The summed E-state index contributed by atoms with van der Waals surface area (Å²) in [6.07, 6.45) is 0. The Morgan fingerprint density at radius 1 is 1.47 bits per heavy atom. The van der Waals surface area contributed by atoms with Crippen LogP contribution in [0.15, 0.2) is 27.6 Å². The first-order valence-corrected chi connectivity index (χ1v) is 6.88. The van der Waals surface area contributed by atoms with Gasteiger partial charge in [-0.15, -0.1) is 0 Å². The van der Waals surface area contributed by atoms with Crippen LogP contribution in [0.1, 0.15) is 6.92 Å². The average Bonchev–Trinajstić information content (AvgIpc) is 2.15. The Balaban J connectivity index is 3.10. The monoisotopic (exact) mass is 321 g/mol. The van der Waals surface area contributed by atoms with E-state index in [4.69, 9.17) is 11.5 Å². The molecule has 0 aromatic heterocycles. The van der Waals surface area contributed by atoms with Crippen LogP contribution in [0, 0.1) is 0 Å². The molecular weight excluding hydrogens is 310 g/mol. The Morgan fingerprint density at radius 2 is 2.06 bits per heavy atom. The molecular formula is C9H12BrN3O3S. The van der Waals surface area contributed by atoms with E-state index in [0.717, 1.165) is 0 Å². The topological polar surface area (TPSA) is 115 Å². The van der Waals surface area contributed by atoms with Crippen LogP contribution in [-0.2, 0) is 14.8 Å². The van der Waals surface area contributed by atoms with E-state index in [-0.39, 0.29) is 10.6 Å². The number of rotatable bonds is 4. The number of sulfonamides is 1. The third kappa shape index (κ3) is 3.42. The number of benzene rings is 1. The first-order chi connectivity index (χ1) is 7.74. The molecule has 0 aliphatic heterocycles. The number of nitrogens with one attached hydrogen (secondary N) is 1. The van der Waals surface area contributed by atoms with Crippen molar-refractivity contribution in [3.05, 3.63) is 22.7 Å². The van der Waals surface area contributed by atoms with Gasteiger partial charge in [0.05, 0.1) is 11.7 Å². The van der Waals surface area contributed by atoms with Crippen molar-refractivity contribution >= 4 is 37.5 Å². The lowest BCUT2D eigenvalue weighted by Gasteiger charge is -2.12. The molecule has 0 fully saturated rings. The van der Waals surface area contributed by atoms with Crippen LogP contribution in [0.5, 0.6) is 0 Å². The number of anilines is 1. The smallest absolute Gasteiger partial charge is 0.243 e. The van der Waals surface area contributed by atoms with Gasteiger partial charge in [0, 0.05) is 4.47 Å². The molecule has 1 unspecified atom stereocenters. The molecule has 1 rings (SSSR count). The zero-order valence-electron chi connectivity index (χ0n) is 8.98. The summed E-state index contributed by atoms with van der Waals surface area (Å²) >= 11 is 3.17. The summed E-state index contributed by atoms with van der Waals surface area (Å²) in [5.74, 6) is -0.760. The quantitative estimate of drug-likeness (QED) is 0.686. The van der Waals surface area contributed by atoms with Crippen molar-refractivity contribution in [1.82, 2.24) is 4.72 Å². The van der Waals surface area contributed by atoms with Crippen LogP contribution >= 0.6 is 15.9 Å². The van der Waals surface area contributed by atoms with Gasteiger partial charge in [-0.3, -0.25) is 4.79 Å². The Kier molecular flexibility index (Phi) is 4.12. The van der Waals surface area contributed by atoms with Gasteiger partial charge in [0.15, 0.2) is 0 Å². The number of halogens is 1. The second-order valence-electron chi connectivity index (χ2n) is 3.43. The molecule has 0 radical (unpaired) electrons. The van der Waals surface area contributed by atoms with E-state index in [2.05, 4.69) is 20.7 Å². The number of hydrogen-bond donors (Lipinski definition) is 3. The van der Waals surface area contributed by atoms with Crippen LogP contribution in [-0.4, -0.2) is 20.4 Å². The SMILES string of the molecule is CC(NS(=O)(=O)c1ccc(Br)cc1N)C(N)=O. The minimum absolute atomic E-state index is 0.0866. The van der Waals surface area contributed by atoms with Crippen molar-refractivity contribution in [2.45, 2.75) is 17.9 Å². The van der Waals surface area contributed by atoms with Crippen LogP contribution in [0.25, 0.3) is 0 Å². The summed E-state index contributed by atoms with van der Waals surface area (Å²) in [7, 11) is -3.85. The molecule has 1 aromatic rings. The van der Waals surface area contributed by atoms with Crippen LogP contribution < -0.4 is 16.2 Å². The Bertz CT molecular complexity index is 544. The van der Waals surface area contributed by atoms with Crippen LogP contribution in [0.2, 0.25) is 0 Å². The molecule has 5 N–H and O–H groups in total. The van der Waals surface area contributed by atoms with Crippen LogP contribution in [0.3, 0.4) is 0 Å². The molecule has 0 saturated carbocycles. The number of carbonyl (C=O) groups excluding carboxylic acids is 1. The Labute approximate surface area is 108 Å². The fourth-order valence-corrected chi connectivity index (χ4v) is 2.82. The fourth-order valence-electron chi connectivity index (χ4n) is 1.12. The molecule has 17 heavy (non-hydrogen) atoms. The lowest BCUT2D eigenvalue weighted by molar-refractivity contribution is -0.119. The van der Waals surface area contributed by atoms with E-state index in [0.29, 0.717) is 4.47 Å². The van der Waals surface area contributed by atoms with Gasteiger partial charge < -0.3 is 11.5 Å². The molecule has 1 aromatic carbocycles. The summed E-state index contributed by atoms with van der Waals surface area (Å²) < 4.78 is 26.5. The maximum absolute atomic E-state index is 11.9. The van der Waals surface area contributed by atoms with Gasteiger partial charge in [-0.05, 0) is 25.1 Å². The third-order valence-corrected chi connectivity index (χ3v) is 4.13. The highest BCUT2D eigenvalue weighted by atomic mass is 79.9. The van der Waals surface area contributed by atoms with Gasteiger partial charge in [0.2, 0.25) is 15.9 Å². The highest BCUT2D eigenvalue weighted by Crippen LogP contribution is 2.22. The van der Waals surface area contributed by atoms with Gasteiger partial charge in [-0.1, -0.05) is 15.9 Å². The van der Waals surface area contributed by atoms with Crippen molar-refractivity contribution in [3.8, 4) is 0 Å². The summed E-state index contributed by atoms with van der Waals surface area (Å²) in [5, 5.41) is 0. The highest BCUT2D eigenvalue weighted by molar-refractivity contribution is 9.10. The van der Waals surface area contributed by atoms with E-state index < -0.39 is 22.0 Å². The Morgan fingerprint density at radius 3 is 2.53 bits per heavy atom. The molecule has 0 aliphatic carbocycles. The van der Waals surface area contributed by atoms with E-state index >= 15 is 0 Å². The lowest BCUT2D eigenvalue weighted by atomic mass is 10.3. The summed E-state index contributed by atoms with van der Waals surface area (Å²) in [6.45, 7) is 1.36. The molecule has 94 valence electrons. The van der Waals surface area contributed by atoms with E-state index in [1.807, 2.05) is 0 Å². The number of nitrogen functional groups attached to an aromatic ring is 1. The second-order valence-corrected chi connectivity index (χ2v) is 6.03. The number of nitrogens with two attached hydrogens (primary N) is 2. The van der Waals surface area contributed by atoms with Crippen molar-refractivity contribution in [2.75, 3.05) is 5.73 Å². The van der Waals surface area contributed by atoms with Gasteiger partial charge in [-0.2, -0.15) is 4.72 Å². The predicted octanol–water partition coefficient (Wildman–Crippen LogP) is 0.183. The average molecular weight is 322 g/mol. The zero-order chi connectivity index (χ0) is 13.2. The third-order valence-electron chi connectivity index (χ3n) is 2.02. The predicted molar refractivity (Wildman–Crippen MR) is 67.5 cm³/mol. The maximum atomic E-state index is 11.9. The number of hydrogen-bond acceptors (Lipinski definition) is 4. The van der Waals surface area contributed by atoms with Crippen molar-refractivity contribution < 1.29 is 13.2 Å². The fraction of sp³-hybridized carbons (Fsp3) is 0.222. The van der Waals surface area contributed by atoms with Crippen molar-refractivity contribution in [3.63, 3.8) is 0 Å². The highest BCUT2D eigenvalue weighted by Gasteiger charge is 2.22. The molecule has 0 spiro atoms. The molecule has 6 nitrogen and oxygen atoms in total. The summed E-state index contributed by atoms with van der Waals surface area (Å²) in [4.78, 5) is 10.7. The number of carbonyl (C=O) groups is 1.